The molecule has 2 heterocycles. The molecule has 0 aliphatic heterocycles. The smallest absolute Gasteiger partial charge is 0.225 e. The molecule has 19 heavy (non-hydrogen) atoms. The summed E-state index contributed by atoms with van der Waals surface area (Å²) in [5.74, 6) is 0.727. The second kappa shape index (κ2) is 6.84. The Hall–Kier alpha value is -1.17. The maximum atomic E-state index is 5.92. The Balaban J connectivity index is 1.97. The van der Waals surface area contributed by atoms with Crippen LogP contribution >= 0.6 is 22.9 Å². The molecule has 102 valence electrons. The number of hydrogen-bond donors (Lipinski definition) is 1. The summed E-state index contributed by atoms with van der Waals surface area (Å²) in [5, 5.41) is 3.25. The van der Waals surface area contributed by atoms with E-state index in [0.717, 1.165) is 35.5 Å². The largest absolute Gasteiger partial charge is 0.339 e. The highest BCUT2D eigenvalue weighted by Gasteiger charge is 2.07. The predicted molar refractivity (Wildman–Crippen MR) is 80.8 cm³/mol. The minimum atomic E-state index is 0.727. The molecule has 0 aliphatic rings. The second-order valence-electron chi connectivity index (χ2n) is 4.23. The zero-order valence-electron chi connectivity index (χ0n) is 11.1. The number of thiophene rings is 1. The Kier molecular flexibility index (Phi) is 5.13. The van der Waals surface area contributed by atoms with Crippen LogP contribution in [0.2, 0.25) is 4.34 Å². The lowest BCUT2D eigenvalue weighted by Gasteiger charge is -2.15. The number of nitrogens with zero attached hydrogens (tertiary/aromatic N) is 3. The van der Waals surface area contributed by atoms with Crippen molar-refractivity contribution in [1.29, 1.82) is 0 Å². The van der Waals surface area contributed by atoms with Crippen LogP contribution in [0.25, 0.3) is 0 Å². The van der Waals surface area contributed by atoms with Gasteiger partial charge >= 0.3 is 0 Å². The fourth-order valence-corrected chi connectivity index (χ4v) is 2.79. The molecule has 0 saturated carbocycles. The van der Waals surface area contributed by atoms with E-state index in [-0.39, 0.29) is 0 Å². The molecule has 2 aromatic heterocycles. The van der Waals surface area contributed by atoms with Crippen molar-refractivity contribution < 1.29 is 0 Å². The minimum absolute atomic E-state index is 0.727. The van der Waals surface area contributed by atoms with Crippen LogP contribution < -0.4 is 10.2 Å². The topological polar surface area (TPSA) is 41.1 Å². The van der Waals surface area contributed by atoms with Crippen LogP contribution in [0.5, 0.6) is 0 Å². The zero-order chi connectivity index (χ0) is 13.7. The maximum Gasteiger partial charge on any atom is 0.225 e. The number of anilines is 1. The fraction of sp³-hybridized carbons (Fsp3) is 0.385. The molecule has 1 N–H and O–H groups in total. The van der Waals surface area contributed by atoms with Crippen molar-refractivity contribution in [2.45, 2.75) is 20.0 Å². The van der Waals surface area contributed by atoms with Crippen molar-refractivity contribution in [2.75, 3.05) is 18.5 Å². The van der Waals surface area contributed by atoms with Gasteiger partial charge in [0.1, 0.15) is 0 Å². The number of halogens is 1. The van der Waals surface area contributed by atoms with Gasteiger partial charge in [0.2, 0.25) is 5.95 Å². The molecular weight excluding hydrogens is 280 g/mol. The van der Waals surface area contributed by atoms with Gasteiger partial charge in [-0.2, -0.15) is 0 Å². The van der Waals surface area contributed by atoms with E-state index in [1.165, 1.54) is 4.88 Å². The first-order chi connectivity index (χ1) is 9.19. The van der Waals surface area contributed by atoms with E-state index in [1.54, 1.807) is 11.3 Å². The summed E-state index contributed by atoms with van der Waals surface area (Å²) < 4.78 is 0.810. The SMILES string of the molecule is CCNCc1cnc(N(C)Cc2ccc(Cl)s2)nc1. The highest BCUT2D eigenvalue weighted by atomic mass is 35.5. The van der Waals surface area contributed by atoms with Gasteiger partial charge in [-0.05, 0) is 18.7 Å². The molecule has 2 rings (SSSR count). The van der Waals surface area contributed by atoms with Crippen LogP contribution in [0.3, 0.4) is 0 Å². The Morgan fingerprint density at radius 3 is 2.63 bits per heavy atom. The number of aromatic nitrogens is 2. The summed E-state index contributed by atoms with van der Waals surface area (Å²) in [4.78, 5) is 12.0. The summed E-state index contributed by atoms with van der Waals surface area (Å²) >= 11 is 7.50. The van der Waals surface area contributed by atoms with E-state index in [2.05, 4.69) is 22.2 Å². The van der Waals surface area contributed by atoms with E-state index in [4.69, 9.17) is 11.6 Å². The number of nitrogens with one attached hydrogen (secondary N) is 1. The lowest BCUT2D eigenvalue weighted by Crippen LogP contribution is -2.19. The Labute approximate surface area is 122 Å². The Morgan fingerprint density at radius 1 is 1.32 bits per heavy atom. The normalized spacial score (nSPS) is 10.7. The lowest BCUT2D eigenvalue weighted by molar-refractivity contribution is 0.719. The van der Waals surface area contributed by atoms with Crippen LogP contribution in [0, 0.1) is 0 Å². The highest BCUT2D eigenvalue weighted by molar-refractivity contribution is 7.16. The zero-order valence-corrected chi connectivity index (χ0v) is 12.6. The second-order valence-corrected chi connectivity index (χ2v) is 6.03. The molecule has 0 radical (unpaired) electrons. The summed E-state index contributed by atoms with van der Waals surface area (Å²) in [6, 6.07) is 3.94. The standard InChI is InChI=1S/C13H17ClN4S/c1-3-15-6-10-7-16-13(17-8-10)18(2)9-11-4-5-12(14)19-11/h4-5,7-8,15H,3,6,9H2,1-2H3. The Bertz CT molecular complexity index is 512. The van der Waals surface area contributed by atoms with Crippen molar-refractivity contribution in [3.8, 4) is 0 Å². The molecule has 0 atom stereocenters. The third kappa shape index (κ3) is 4.16. The summed E-state index contributed by atoms with van der Waals surface area (Å²) in [6.45, 7) is 4.60. The van der Waals surface area contributed by atoms with Gasteiger partial charge in [0.15, 0.2) is 0 Å². The molecule has 6 heteroatoms. The average molecular weight is 297 g/mol. The summed E-state index contributed by atoms with van der Waals surface area (Å²) in [5.41, 5.74) is 1.10. The monoisotopic (exact) mass is 296 g/mol. The first-order valence-corrected chi connectivity index (χ1v) is 7.35. The minimum Gasteiger partial charge on any atom is -0.339 e. The van der Waals surface area contributed by atoms with Gasteiger partial charge in [-0.1, -0.05) is 18.5 Å². The molecule has 0 aromatic carbocycles. The third-order valence-electron chi connectivity index (χ3n) is 2.63. The van der Waals surface area contributed by atoms with Gasteiger partial charge in [-0.3, -0.25) is 0 Å². The van der Waals surface area contributed by atoms with E-state index >= 15 is 0 Å². The number of hydrogen-bond acceptors (Lipinski definition) is 5. The van der Waals surface area contributed by atoms with Crippen LogP contribution in [0.15, 0.2) is 24.5 Å². The van der Waals surface area contributed by atoms with Crippen molar-refractivity contribution in [3.63, 3.8) is 0 Å². The molecule has 4 nitrogen and oxygen atoms in total. The lowest BCUT2D eigenvalue weighted by atomic mass is 10.3. The van der Waals surface area contributed by atoms with E-state index in [9.17, 15) is 0 Å². The Morgan fingerprint density at radius 2 is 2.05 bits per heavy atom. The molecule has 2 aromatic rings. The van der Waals surface area contributed by atoms with E-state index in [1.807, 2.05) is 36.5 Å². The molecule has 0 bridgehead atoms. The van der Waals surface area contributed by atoms with E-state index < -0.39 is 0 Å². The first kappa shape index (κ1) is 14.2. The average Bonchev–Trinajstić information content (AvgIpc) is 2.82. The van der Waals surface area contributed by atoms with Crippen molar-refractivity contribution >= 4 is 28.9 Å². The summed E-state index contributed by atoms with van der Waals surface area (Å²) in [7, 11) is 1.98. The fourth-order valence-electron chi connectivity index (χ4n) is 1.65. The highest BCUT2D eigenvalue weighted by Crippen LogP contribution is 2.23. The van der Waals surface area contributed by atoms with Crippen molar-refractivity contribution in [2.24, 2.45) is 0 Å². The molecule has 0 amide bonds. The van der Waals surface area contributed by atoms with Crippen LogP contribution in [0.1, 0.15) is 17.4 Å². The maximum absolute atomic E-state index is 5.92. The van der Waals surface area contributed by atoms with Gasteiger partial charge in [0.05, 0.1) is 10.9 Å². The van der Waals surface area contributed by atoms with Crippen LogP contribution in [-0.4, -0.2) is 23.6 Å². The molecule has 0 fully saturated rings. The molecular formula is C13H17ClN4S. The van der Waals surface area contributed by atoms with Crippen LogP contribution in [0.4, 0.5) is 5.95 Å². The van der Waals surface area contributed by atoms with Gasteiger partial charge in [0.25, 0.3) is 0 Å². The molecule has 0 saturated heterocycles. The molecule has 0 unspecified atom stereocenters. The summed E-state index contributed by atoms with van der Waals surface area (Å²) in [6.07, 6.45) is 3.73. The van der Waals surface area contributed by atoms with Crippen molar-refractivity contribution in [3.05, 3.63) is 39.3 Å². The molecule has 0 spiro atoms. The predicted octanol–water partition coefficient (Wildman–Crippen LogP) is 2.94. The third-order valence-corrected chi connectivity index (χ3v) is 3.85. The first-order valence-electron chi connectivity index (χ1n) is 6.16. The van der Waals surface area contributed by atoms with Crippen LogP contribution in [-0.2, 0) is 13.1 Å². The van der Waals surface area contributed by atoms with E-state index in [0.29, 0.717) is 0 Å². The van der Waals surface area contributed by atoms with Crippen molar-refractivity contribution in [1.82, 2.24) is 15.3 Å². The quantitative estimate of drug-likeness (QED) is 0.890. The van der Waals surface area contributed by atoms with Gasteiger partial charge in [-0.15, -0.1) is 11.3 Å². The van der Waals surface area contributed by atoms with Gasteiger partial charge in [-0.25, -0.2) is 9.97 Å². The van der Waals surface area contributed by atoms with Gasteiger partial charge < -0.3 is 10.2 Å². The number of rotatable bonds is 6. The van der Waals surface area contributed by atoms with Gasteiger partial charge in [0, 0.05) is 36.4 Å². The molecule has 0 aliphatic carbocycles.